The number of aryl methyl sites for hydroxylation is 1. The van der Waals surface area contributed by atoms with Gasteiger partial charge in [0.25, 0.3) is 0 Å². The molecule has 0 aliphatic heterocycles. The summed E-state index contributed by atoms with van der Waals surface area (Å²) < 4.78 is 28.3. The van der Waals surface area contributed by atoms with E-state index in [0.717, 1.165) is 17.6 Å². The van der Waals surface area contributed by atoms with Crippen LogP contribution >= 0.6 is 0 Å². The van der Waals surface area contributed by atoms with Crippen LogP contribution in [0.25, 0.3) is 0 Å². The highest BCUT2D eigenvalue weighted by Gasteiger charge is 2.26. The van der Waals surface area contributed by atoms with Crippen molar-refractivity contribution in [2.75, 3.05) is 5.32 Å². The molecular formula is C14H15F2N3. The van der Waals surface area contributed by atoms with Crippen LogP contribution in [0.3, 0.4) is 0 Å². The third kappa shape index (κ3) is 2.45. The Hall–Kier alpha value is -1.91. The maximum atomic E-state index is 13.5. The summed E-state index contributed by atoms with van der Waals surface area (Å²) in [5.41, 5.74) is 1.39. The van der Waals surface area contributed by atoms with Gasteiger partial charge in [0, 0.05) is 31.1 Å². The average molecular weight is 263 g/mol. The molecule has 0 unspecified atom stereocenters. The quantitative estimate of drug-likeness (QED) is 0.918. The number of rotatable bonds is 4. The molecule has 0 atom stereocenters. The molecule has 1 heterocycles. The van der Waals surface area contributed by atoms with Gasteiger partial charge in [-0.3, -0.25) is 4.68 Å². The number of benzene rings is 1. The van der Waals surface area contributed by atoms with Crippen molar-refractivity contribution in [2.24, 2.45) is 7.05 Å². The molecule has 0 bridgehead atoms. The van der Waals surface area contributed by atoms with Crippen LogP contribution < -0.4 is 5.32 Å². The standard InChI is InChI=1S/C14H15F2N3/c1-19-13(7-12(18-19)9-5-6-9)17-8-10-3-2-4-11(15)14(10)16/h2-4,7,9,17H,5-6,8H2,1H3. The lowest BCUT2D eigenvalue weighted by Gasteiger charge is -2.07. The van der Waals surface area contributed by atoms with E-state index in [1.54, 1.807) is 10.7 Å². The molecule has 3 rings (SSSR count). The molecule has 1 aromatic carbocycles. The molecular weight excluding hydrogens is 248 g/mol. The summed E-state index contributed by atoms with van der Waals surface area (Å²) in [6, 6.07) is 6.18. The molecule has 0 saturated heterocycles. The molecule has 0 spiro atoms. The van der Waals surface area contributed by atoms with Gasteiger partial charge in [-0.05, 0) is 18.9 Å². The summed E-state index contributed by atoms with van der Waals surface area (Å²) in [6.07, 6.45) is 2.38. The van der Waals surface area contributed by atoms with Crippen molar-refractivity contribution in [3.63, 3.8) is 0 Å². The molecule has 1 saturated carbocycles. The summed E-state index contributed by atoms with van der Waals surface area (Å²) >= 11 is 0. The van der Waals surface area contributed by atoms with E-state index in [4.69, 9.17) is 0 Å². The lowest BCUT2D eigenvalue weighted by Crippen LogP contribution is -2.06. The van der Waals surface area contributed by atoms with E-state index >= 15 is 0 Å². The first-order chi connectivity index (χ1) is 9.15. The Morgan fingerprint density at radius 3 is 2.89 bits per heavy atom. The molecule has 1 aliphatic rings. The Morgan fingerprint density at radius 1 is 1.37 bits per heavy atom. The second kappa shape index (κ2) is 4.64. The van der Waals surface area contributed by atoms with E-state index in [2.05, 4.69) is 10.4 Å². The van der Waals surface area contributed by atoms with Crippen LogP contribution in [0.1, 0.15) is 30.0 Å². The number of aromatic nitrogens is 2. The van der Waals surface area contributed by atoms with Crippen molar-refractivity contribution in [1.82, 2.24) is 9.78 Å². The van der Waals surface area contributed by atoms with E-state index in [0.29, 0.717) is 11.5 Å². The fourth-order valence-electron chi connectivity index (χ4n) is 2.10. The van der Waals surface area contributed by atoms with Crippen LogP contribution in [-0.4, -0.2) is 9.78 Å². The number of hydrogen-bond donors (Lipinski definition) is 1. The first kappa shape index (κ1) is 12.1. The van der Waals surface area contributed by atoms with E-state index in [1.165, 1.54) is 18.9 Å². The molecule has 1 aliphatic carbocycles. The van der Waals surface area contributed by atoms with Crippen molar-refractivity contribution < 1.29 is 8.78 Å². The van der Waals surface area contributed by atoms with Crippen molar-refractivity contribution in [3.8, 4) is 0 Å². The van der Waals surface area contributed by atoms with Gasteiger partial charge < -0.3 is 5.32 Å². The molecule has 1 N–H and O–H groups in total. The Bertz CT molecular complexity index is 603. The molecule has 5 heteroatoms. The van der Waals surface area contributed by atoms with Crippen LogP contribution in [0.5, 0.6) is 0 Å². The van der Waals surface area contributed by atoms with Crippen LogP contribution in [0.2, 0.25) is 0 Å². The topological polar surface area (TPSA) is 29.9 Å². The highest BCUT2D eigenvalue weighted by molar-refractivity contribution is 5.40. The predicted molar refractivity (Wildman–Crippen MR) is 68.9 cm³/mol. The number of anilines is 1. The highest BCUT2D eigenvalue weighted by atomic mass is 19.2. The predicted octanol–water partition coefficient (Wildman–Crippen LogP) is 3.19. The Kier molecular flexibility index (Phi) is 2.97. The van der Waals surface area contributed by atoms with Gasteiger partial charge in [-0.25, -0.2) is 8.78 Å². The normalized spacial score (nSPS) is 14.7. The average Bonchev–Trinajstić information content (AvgIpc) is 3.16. The van der Waals surface area contributed by atoms with E-state index in [9.17, 15) is 8.78 Å². The van der Waals surface area contributed by atoms with E-state index in [-0.39, 0.29) is 6.54 Å². The number of nitrogens with zero attached hydrogens (tertiary/aromatic N) is 2. The maximum absolute atomic E-state index is 13.5. The summed E-state index contributed by atoms with van der Waals surface area (Å²) in [4.78, 5) is 0. The van der Waals surface area contributed by atoms with E-state index < -0.39 is 11.6 Å². The van der Waals surface area contributed by atoms with Gasteiger partial charge in [-0.2, -0.15) is 5.10 Å². The Morgan fingerprint density at radius 2 is 2.16 bits per heavy atom. The van der Waals surface area contributed by atoms with Gasteiger partial charge in [0.2, 0.25) is 0 Å². The second-order valence-corrected chi connectivity index (χ2v) is 4.92. The van der Waals surface area contributed by atoms with Crippen molar-refractivity contribution in [2.45, 2.75) is 25.3 Å². The van der Waals surface area contributed by atoms with Gasteiger partial charge in [0.15, 0.2) is 11.6 Å². The first-order valence-corrected chi connectivity index (χ1v) is 6.36. The largest absolute Gasteiger partial charge is 0.366 e. The molecule has 0 amide bonds. The molecule has 0 radical (unpaired) electrons. The number of nitrogens with one attached hydrogen (secondary N) is 1. The second-order valence-electron chi connectivity index (χ2n) is 4.92. The zero-order chi connectivity index (χ0) is 13.4. The van der Waals surface area contributed by atoms with Gasteiger partial charge in [-0.15, -0.1) is 0 Å². The SMILES string of the molecule is Cn1nc(C2CC2)cc1NCc1cccc(F)c1F. The lowest BCUT2D eigenvalue weighted by molar-refractivity contribution is 0.500. The summed E-state index contributed by atoms with van der Waals surface area (Å²) in [5.74, 6) is -0.208. The zero-order valence-corrected chi connectivity index (χ0v) is 10.7. The Balaban J connectivity index is 1.73. The van der Waals surface area contributed by atoms with Gasteiger partial charge in [0.05, 0.1) is 5.69 Å². The highest BCUT2D eigenvalue weighted by Crippen LogP contribution is 2.39. The third-order valence-corrected chi connectivity index (χ3v) is 3.39. The minimum Gasteiger partial charge on any atom is -0.366 e. The third-order valence-electron chi connectivity index (χ3n) is 3.39. The van der Waals surface area contributed by atoms with Crippen molar-refractivity contribution in [1.29, 1.82) is 0 Å². The Labute approximate surface area is 110 Å². The minimum atomic E-state index is -0.817. The summed E-state index contributed by atoms with van der Waals surface area (Å²) in [7, 11) is 1.84. The maximum Gasteiger partial charge on any atom is 0.163 e. The molecule has 19 heavy (non-hydrogen) atoms. The molecule has 1 aromatic heterocycles. The fraction of sp³-hybridized carbons (Fsp3) is 0.357. The van der Waals surface area contributed by atoms with Crippen LogP contribution in [-0.2, 0) is 13.6 Å². The molecule has 2 aromatic rings. The monoisotopic (exact) mass is 263 g/mol. The van der Waals surface area contributed by atoms with Crippen LogP contribution in [0, 0.1) is 11.6 Å². The van der Waals surface area contributed by atoms with Gasteiger partial charge in [-0.1, -0.05) is 12.1 Å². The minimum absolute atomic E-state index is 0.243. The van der Waals surface area contributed by atoms with Crippen LogP contribution in [0.4, 0.5) is 14.6 Å². The van der Waals surface area contributed by atoms with Gasteiger partial charge in [0.1, 0.15) is 5.82 Å². The summed E-state index contributed by atoms with van der Waals surface area (Å²) in [6.45, 7) is 0.243. The smallest absolute Gasteiger partial charge is 0.163 e. The number of halogens is 2. The molecule has 1 fully saturated rings. The fourth-order valence-corrected chi connectivity index (χ4v) is 2.10. The van der Waals surface area contributed by atoms with E-state index in [1.807, 2.05) is 13.1 Å². The van der Waals surface area contributed by atoms with Gasteiger partial charge >= 0.3 is 0 Å². The first-order valence-electron chi connectivity index (χ1n) is 6.36. The summed E-state index contributed by atoms with van der Waals surface area (Å²) in [5, 5.41) is 7.51. The van der Waals surface area contributed by atoms with Crippen molar-refractivity contribution in [3.05, 3.63) is 47.2 Å². The lowest BCUT2D eigenvalue weighted by atomic mass is 10.2. The zero-order valence-electron chi connectivity index (χ0n) is 10.7. The number of hydrogen-bond acceptors (Lipinski definition) is 2. The van der Waals surface area contributed by atoms with Crippen LogP contribution in [0.15, 0.2) is 24.3 Å². The molecule has 3 nitrogen and oxygen atoms in total. The van der Waals surface area contributed by atoms with Crippen molar-refractivity contribution >= 4 is 5.82 Å². The molecule has 100 valence electrons.